The number of hydrogen-bond donors (Lipinski definition) is 2. The summed E-state index contributed by atoms with van der Waals surface area (Å²) in [6, 6.07) is 3.80. The zero-order valence-corrected chi connectivity index (χ0v) is 23.1. The smallest absolute Gasteiger partial charge is 0.337 e. The Morgan fingerprint density at radius 3 is 2.28 bits per heavy atom. The van der Waals surface area contributed by atoms with E-state index >= 15 is 0 Å². The lowest BCUT2D eigenvalue weighted by molar-refractivity contribution is -0.160. The number of aliphatic hydroxyl groups is 1. The van der Waals surface area contributed by atoms with Gasteiger partial charge in [0.15, 0.2) is 6.10 Å². The summed E-state index contributed by atoms with van der Waals surface area (Å²) in [5, 5.41) is 20.8. The van der Waals surface area contributed by atoms with Gasteiger partial charge in [0.2, 0.25) is 0 Å². The largest absolute Gasteiger partial charge is 0.479 e. The maximum absolute atomic E-state index is 12.5. The second-order valence-electron chi connectivity index (χ2n) is 12.2. The Morgan fingerprint density at radius 2 is 1.78 bits per heavy atom. The number of hydrogen-bond acceptors (Lipinski definition) is 6. The summed E-state index contributed by atoms with van der Waals surface area (Å²) in [6.07, 6.45) is 4.45. The Balaban J connectivity index is 2.15. The van der Waals surface area contributed by atoms with Crippen molar-refractivity contribution in [1.29, 1.82) is 0 Å². The fourth-order valence-corrected chi connectivity index (χ4v) is 4.73. The molecule has 0 spiro atoms. The van der Waals surface area contributed by atoms with Gasteiger partial charge in [-0.25, -0.2) is 4.79 Å². The summed E-state index contributed by atoms with van der Waals surface area (Å²) >= 11 is 0. The lowest BCUT2D eigenvalue weighted by Crippen LogP contribution is -2.39. The van der Waals surface area contributed by atoms with Crippen LogP contribution in [0.1, 0.15) is 96.9 Å². The fraction of sp³-hybridized carbons (Fsp3) is 0.621. The number of rotatable bonds is 8. The Labute approximate surface area is 215 Å². The number of aliphatic hydroxyl groups excluding tert-OH is 1. The minimum Gasteiger partial charge on any atom is -0.479 e. The first kappa shape index (κ1) is 28.1. The van der Waals surface area contributed by atoms with Crippen LogP contribution in [-0.4, -0.2) is 44.8 Å². The van der Waals surface area contributed by atoms with E-state index in [0.717, 1.165) is 42.7 Å². The summed E-state index contributed by atoms with van der Waals surface area (Å²) in [5.41, 5.74) is 3.98. The van der Waals surface area contributed by atoms with Gasteiger partial charge >= 0.3 is 5.97 Å². The van der Waals surface area contributed by atoms with E-state index < -0.39 is 23.8 Å². The van der Waals surface area contributed by atoms with Crippen LogP contribution in [0.3, 0.4) is 0 Å². The van der Waals surface area contributed by atoms with Crippen LogP contribution in [0.4, 0.5) is 5.69 Å². The van der Waals surface area contributed by atoms with Crippen LogP contribution in [0.5, 0.6) is 0 Å². The first-order valence-electron chi connectivity index (χ1n) is 13.0. The number of aryl methyl sites for hydroxylation is 1. The Hall–Kier alpha value is -2.51. The van der Waals surface area contributed by atoms with E-state index in [9.17, 15) is 15.0 Å². The highest BCUT2D eigenvalue weighted by Gasteiger charge is 2.35. The molecule has 2 aromatic rings. The molecule has 2 aromatic heterocycles. The molecule has 1 aliphatic heterocycles. The minimum atomic E-state index is -1.15. The van der Waals surface area contributed by atoms with Crippen LogP contribution < -0.4 is 4.90 Å². The zero-order chi connectivity index (χ0) is 26.8. The third-order valence-electron chi connectivity index (χ3n) is 6.81. The quantitative estimate of drug-likeness (QED) is 0.455. The molecule has 0 amide bonds. The predicted octanol–water partition coefficient (Wildman–Crippen LogP) is 6.10. The highest BCUT2D eigenvalue weighted by Crippen LogP contribution is 2.43. The average molecular weight is 498 g/mol. The number of pyridine rings is 2. The van der Waals surface area contributed by atoms with E-state index in [2.05, 4.69) is 42.6 Å². The lowest BCUT2D eigenvalue weighted by Gasteiger charge is -2.41. The predicted molar refractivity (Wildman–Crippen MR) is 143 cm³/mol. The summed E-state index contributed by atoms with van der Waals surface area (Å²) in [5.74, 6) is -0.674. The summed E-state index contributed by atoms with van der Waals surface area (Å²) in [6.45, 7) is 17.8. The highest BCUT2D eigenvalue weighted by molar-refractivity contribution is 5.86. The molecule has 0 radical (unpaired) electrons. The van der Waals surface area contributed by atoms with Gasteiger partial charge in [-0.2, -0.15) is 0 Å². The van der Waals surface area contributed by atoms with E-state index in [-0.39, 0.29) is 5.41 Å². The highest BCUT2D eigenvalue weighted by atomic mass is 16.5. The van der Waals surface area contributed by atoms with Crippen molar-refractivity contribution in [3.8, 4) is 11.1 Å². The molecule has 0 aliphatic carbocycles. The van der Waals surface area contributed by atoms with Gasteiger partial charge in [-0.1, -0.05) is 33.8 Å². The molecule has 36 heavy (non-hydrogen) atoms. The molecule has 0 saturated carbocycles. The number of aromatic nitrogens is 2. The first-order valence-corrected chi connectivity index (χ1v) is 13.0. The van der Waals surface area contributed by atoms with Crippen LogP contribution in [0.2, 0.25) is 0 Å². The van der Waals surface area contributed by atoms with Crippen molar-refractivity contribution in [3.05, 3.63) is 41.5 Å². The summed E-state index contributed by atoms with van der Waals surface area (Å²) in [7, 11) is 0. The molecule has 0 aromatic carbocycles. The summed E-state index contributed by atoms with van der Waals surface area (Å²) < 4.78 is 6.10. The van der Waals surface area contributed by atoms with Crippen molar-refractivity contribution in [3.63, 3.8) is 0 Å². The number of carboxylic acids is 1. The van der Waals surface area contributed by atoms with E-state index in [1.165, 1.54) is 0 Å². The van der Waals surface area contributed by atoms with Crippen molar-refractivity contribution in [1.82, 2.24) is 9.97 Å². The summed E-state index contributed by atoms with van der Waals surface area (Å²) in [4.78, 5) is 24.0. The fourth-order valence-electron chi connectivity index (χ4n) is 4.73. The van der Waals surface area contributed by atoms with Gasteiger partial charge in [0.05, 0.1) is 23.1 Å². The maximum atomic E-state index is 12.5. The number of piperidine rings is 1. The third kappa shape index (κ3) is 6.83. The van der Waals surface area contributed by atoms with Crippen molar-refractivity contribution >= 4 is 11.7 Å². The molecule has 7 nitrogen and oxygen atoms in total. The molecule has 3 heterocycles. The van der Waals surface area contributed by atoms with Crippen LogP contribution in [0.25, 0.3) is 11.1 Å². The van der Waals surface area contributed by atoms with Crippen molar-refractivity contribution in [2.75, 3.05) is 18.0 Å². The Morgan fingerprint density at radius 1 is 1.14 bits per heavy atom. The molecule has 3 rings (SSSR count). The molecule has 2 atom stereocenters. The average Bonchev–Trinajstić information content (AvgIpc) is 2.76. The van der Waals surface area contributed by atoms with Crippen molar-refractivity contribution in [2.24, 2.45) is 11.3 Å². The van der Waals surface area contributed by atoms with Gasteiger partial charge in [0.1, 0.15) is 0 Å². The van der Waals surface area contributed by atoms with Gasteiger partial charge in [-0.05, 0) is 64.4 Å². The minimum absolute atomic E-state index is 0.239. The monoisotopic (exact) mass is 497 g/mol. The third-order valence-corrected chi connectivity index (χ3v) is 6.81. The van der Waals surface area contributed by atoms with Gasteiger partial charge < -0.3 is 19.8 Å². The second kappa shape index (κ2) is 10.9. The standard InChI is InChI=1S/C29H43N3O4/c1-18(2)15-23(33)22-10-9-20(16-31-22)21-17-30-19(3)24(26(27(34)35)36-28(4,5)6)25(21)32-13-11-29(7,8)12-14-32/h9-10,16-18,23,26,33H,11-15H2,1-8H3,(H,34,35)/t23-,26+/m1/s1. The van der Waals surface area contributed by atoms with Crippen LogP contribution >= 0.6 is 0 Å². The van der Waals surface area contributed by atoms with Crippen LogP contribution in [0.15, 0.2) is 24.5 Å². The lowest BCUT2D eigenvalue weighted by atomic mass is 9.82. The van der Waals surface area contributed by atoms with E-state index in [0.29, 0.717) is 29.3 Å². The van der Waals surface area contributed by atoms with Crippen LogP contribution in [-0.2, 0) is 9.53 Å². The first-order chi connectivity index (χ1) is 16.7. The Kier molecular flexibility index (Phi) is 8.46. The number of nitrogens with zero attached hydrogens (tertiary/aromatic N) is 3. The SMILES string of the molecule is Cc1ncc(-c2ccc([C@H](O)CC(C)C)nc2)c(N2CCC(C)(C)CC2)c1[C@H](OC(C)(C)C)C(=O)O. The normalized spacial score (nSPS) is 17.8. The molecular weight excluding hydrogens is 454 g/mol. The van der Waals surface area contributed by atoms with Crippen molar-refractivity contribution < 1.29 is 19.7 Å². The molecular formula is C29H43N3O4. The van der Waals surface area contributed by atoms with E-state index in [1.54, 1.807) is 6.20 Å². The molecule has 1 saturated heterocycles. The van der Waals surface area contributed by atoms with Gasteiger partial charge in [-0.3, -0.25) is 9.97 Å². The van der Waals surface area contributed by atoms with Crippen molar-refractivity contribution in [2.45, 2.75) is 92.5 Å². The number of aliphatic carboxylic acids is 1. The van der Waals surface area contributed by atoms with E-state index in [1.807, 2.05) is 46.0 Å². The maximum Gasteiger partial charge on any atom is 0.337 e. The van der Waals surface area contributed by atoms with E-state index in [4.69, 9.17) is 4.74 Å². The van der Waals surface area contributed by atoms with Gasteiger partial charge in [0, 0.05) is 47.9 Å². The number of ether oxygens (including phenoxy) is 1. The Bertz CT molecular complexity index is 1050. The van der Waals surface area contributed by atoms with Crippen LogP contribution in [0, 0.1) is 18.3 Å². The second-order valence-corrected chi connectivity index (χ2v) is 12.2. The molecule has 1 fully saturated rings. The molecule has 0 bridgehead atoms. The molecule has 2 N–H and O–H groups in total. The zero-order valence-electron chi connectivity index (χ0n) is 23.1. The molecule has 198 valence electrons. The molecule has 7 heteroatoms. The number of carbonyl (C=O) groups is 1. The van der Waals surface area contributed by atoms with Gasteiger partial charge in [0.25, 0.3) is 0 Å². The molecule has 0 unspecified atom stereocenters. The number of carboxylic acid groups (broad SMARTS) is 1. The molecule has 1 aliphatic rings. The van der Waals surface area contributed by atoms with Gasteiger partial charge in [-0.15, -0.1) is 0 Å². The topological polar surface area (TPSA) is 95.8 Å². The number of anilines is 1.